The molecule has 0 aliphatic heterocycles. The lowest BCUT2D eigenvalue weighted by Gasteiger charge is -2.33. The van der Waals surface area contributed by atoms with E-state index in [2.05, 4.69) is 25.6 Å². The average molecular weight is 682 g/mol. The quantitative estimate of drug-likeness (QED) is 0.124. The molecule has 1 aliphatic carbocycles. The number of alkyl halides is 6. The number of carbonyl (C=O) groups is 2. The molecule has 0 spiro atoms. The molecule has 3 N–H and O–H groups in total. The van der Waals surface area contributed by atoms with Crippen molar-refractivity contribution < 1.29 is 40.7 Å². The summed E-state index contributed by atoms with van der Waals surface area (Å²) in [5.41, 5.74) is 0.542. The van der Waals surface area contributed by atoms with Crippen molar-refractivity contribution in [3.05, 3.63) is 39.4 Å². The molecular weight excluding hydrogens is 651 g/mol. The van der Waals surface area contributed by atoms with Gasteiger partial charge < -0.3 is 20.4 Å². The second kappa shape index (κ2) is 14.0. The first-order chi connectivity index (χ1) is 21.1. The first kappa shape index (κ1) is 34.6. The number of benzene rings is 1. The fourth-order valence-corrected chi connectivity index (χ4v) is 5.71. The lowest BCUT2D eigenvalue weighted by Crippen LogP contribution is -2.37. The largest absolute Gasteiger partial charge is 0.471 e. The van der Waals surface area contributed by atoms with Gasteiger partial charge in [0.15, 0.2) is 18.0 Å². The highest BCUT2D eigenvalue weighted by atomic mass is 35.5. The number of pyridine rings is 1. The molecule has 1 fully saturated rings. The number of rotatable bonds is 13. The number of imidazole rings is 1. The molecule has 1 saturated carbocycles. The number of halogens is 8. The highest BCUT2D eigenvalue weighted by molar-refractivity contribution is 6.39. The third kappa shape index (κ3) is 8.51. The predicted molar refractivity (Wildman–Crippen MR) is 157 cm³/mol. The first-order valence-electron chi connectivity index (χ1n) is 14.2. The lowest BCUT2D eigenvalue weighted by molar-refractivity contribution is -0.143. The van der Waals surface area contributed by atoms with Gasteiger partial charge in [0.1, 0.15) is 0 Å². The fraction of sp³-hybridized carbons (Fsp3) is 0.517. The Kier molecular flexibility index (Phi) is 10.8. The Hall–Kier alpha value is -3.26. The normalized spacial score (nSPS) is 17.5. The first-order valence-corrected chi connectivity index (χ1v) is 15.0. The molecular formula is C29H31Cl2F6N5O3. The van der Waals surface area contributed by atoms with Gasteiger partial charge in [-0.25, -0.2) is 17.6 Å². The van der Waals surface area contributed by atoms with Crippen LogP contribution in [-0.4, -0.2) is 51.5 Å². The van der Waals surface area contributed by atoms with Crippen LogP contribution in [0.4, 0.5) is 38.0 Å². The summed E-state index contributed by atoms with van der Waals surface area (Å²) in [6, 6.07) is 4.23. The summed E-state index contributed by atoms with van der Waals surface area (Å²) >= 11 is 12.7. The van der Waals surface area contributed by atoms with Crippen molar-refractivity contribution in [2.24, 2.45) is 11.8 Å². The molecule has 3 aromatic rings. The van der Waals surface area contributed by atoms with Gasteiger partial charge in [0.25, 0.3) is 18.3 Å². The van der Waals surface area contributed by atoms with Crippen molar-refractivity contribution in [1.29, 1.82) is 0 Å². The maximum atomic E-state index is 14.1. The van der Waals surface area contributed by atoms with E-state index < -0.39 is 42.5 Å². The molecule has 0 bridgehead atoms. The topological polar surface area (TPSA) is 109 Å². The minimum atomic E-state index is -3.59. The lowest BCUT2D eigenvalue weighted by atomic mass is 9.76. The van der Waals surface area contributed by atoms with Crippen LogP contribution in [0.15, 0.2) is 18.2 Å². The molecule has 45 heavy (non-hydrogen) atoms. The summed E-state index contributed by atoms with van der Waals surface area (Å²) in [7, 11) is 0. The van der Waals surface area contributed by atoms with E-state index in [9.17, 15) is 35.9 Å². The number of hydrogen-bond acceptors (Lipinski definition) is 6. The number of hydrogen-bond donors (Lipinski definition) is 3. The van der Waals surface area contributed by atoms with Crippen molar-refractivity contribution in [1.82, 2.24) is 20.3 Å². The van der Waals surface area contributed by atoms with Crippen LogP contribution in [-0.2, 0) is 11.3 Å². The number of aromatic amines is 1. The molecule has 1 amide bonds. The van der Waals surface area contributed by atoms with Crippen LogP contribution in [0.3, 0.4) is 0 Å². The summed E-state index contributed by atoms with van der Waals surface area (Å²) in [4.78, 5) is 36.2. The highest BCUT2D eigenvalue weighted by Gasteiger charge is 2.40. The van der Waals surface area contributed by atoms with Gasteiger partial charge in [0, 0.05) is 32.2 Å². The predicted octanol–water partition coefficient (Wildman–Crippen LogP) is 8.35. The molecule has 1 aromatic carbocycles. The number of carbonyl (C=O) groups excluding carboxylic acids is 2. The van der Waals surface area contributed by atoms with Crippen molar-refractivity contribution in [2.45, 2.75) is 77.2 Å². The van der Waals surface area contributed by atoms with Crippen LogP contribution in [0.5, 0.6) is 5.88 Å². The molecule has 0 radical (unpaired) electrons. The van der Waals surface area contributed by atoms with Crippen LogP contribution in [0, 0.1) is 11.8 Å². The number of nitrogens with zero attached hydrogens (tertiary/aromatic N) is 2. The zero-order valence-corrected chi connectivity index (χ0v) is 25.8. The van der Waals surface area contributed by atoms with Gasteiger partial charge in [0.2, 0.25) is 11.8 Å². The molecule has 2 heterocycles. The molecule has 8 nitrogen and oxygen atoms in total. The Morgan fingerprint density at radius 2 is 1.80 bits per heavy atom. The Morgan fingerprint density at radius 3 is 2.42 bits per heavy atom. The highest BCUT2D eigenvalue weighted by Crippen LogP contribution is 2.42. The van der Waals surface area contributed by atoms with Crippen LogP contribution in [0.2, 0.25) is 10.0 Å². The van der Waals surface area contributed by atoms with Crippen LogP contribution in [0.25, 0.3) is 11.2 Å². The number of nitrogens with one attached hydrogen (secondary N) is 3. The van der Waals surface area contributed by atoms with Gasteiger partial charge in [-0.2, -0.15) is 18.7 Å². The van der Waals surface area contributed by atoms with E-state index >= 15 is 0 Å². The smallest absolute Gasteiger partial charge is 0.321 e. The van der Waals surface area contributed by atoms with Crippen molar-refractivity contribution in [3.63, 3.8) is 0 Å². The minimum Gasteiger partial charge on any atom is -0.471 e. The number of aromatic nitrogens is 3. The zero-order valence-electron chi connectivity index (χ0n) is 24.3. The number of anilines is 2. The molecule has 16 heteroatoms. The van der Waals surface area contributed by atoms with Gasteiger partial charge in [-0.3, -0.25) is 9.59 Å². The molecule has 246 valence electrons. The minimum absolute atomic E-state index is 0.000393. The van der Waals surface area contributed by atoms with Crippen molar-refractivity contribution in [3.8, 4) is 5.88 Å². The van der Waals surface area contributed by atoms with E-state index in [1.54, 1.807) is 0 Å². The number of ether oxygens (including phenoxy) is 1. The summed E-state index contributed by atoms with van der Waals surface area (Å²) in [5, 5.41) is 5.06. The fourth-order valence-electron chi connectivity index (χ4n) is 5.18. The van der Waals surface area contributed by atoms with E-state index in [-0.39, 0.29) is 88.0 Å². The standard InChI is InChI=1S/C29H31Cl2F6N5O3/c1-3-29(36,37)16-7-4-14(5-8-16)10-20(43)17-11-19-24(41-25(17)45-13-21(32)33)42-27(39-19)40-23-18(30)9-6-15(22(23)31)12-38-26(44)28(2,34)35/h6,9,11,14,16,21H,3-5,7-8,10,12-13H2,1-2H3,(H,38,44)(H2,39,40,41,42). The SMILES string of the molecule is CCC(F)(F)C1CCC(CC(=O)c2cc3[nH]c(Nc4c(Cl)ccc(CNC(=O)C(C)(F)F)c4Cl)nc3nc2OCC(F)F)CC1. The Bertz CT molecular complexity index is 1540. The molecule has 0 atom stereocenters. The number of Topliss-reactive ketones (excluding diaryl/α,β-unsaturated/α-hetero) is 1. The Labute approximate surface area is 264 Å². The molecule has 2 aromatic heterocycles. The van der Waals surface area contributed by atoms with Crippen LogP contribution < -0.4 is 15.4 Å². The molecule has 0 unspecified atom stereocenters. The van der Waals surface area contributed by atoms with E-state index in [1.165, 1.54) is 25.1 Å². The van der Waals surface area contributed by atoms with E-state index in [0.717, 1.165) is 0 Å². The third-order valence-electron chi connectivity index (χ3n) is 7.73. The van der Waals surface area contributed by atoms with Crippen molar-refractivity contribution in [2.75, 3.05) is 11.9 Å². The van der Waals surface area contributed by atoms with E-state index in [4.69, 9.17) is 27.9 Å². The summed E-state index contributed by atoms with van der Waals surface area (Å²) in [5.74, 6) is -9.51. The number of amides is 1. The van der Waals surface area contributed by atoms with Gasteiger partial charge in [-0.05, 0) is 49.3 Å². The maximum Gasteiger partial charge on any atom is 0.321 e. The van der Waals surface area contributed by atoms with E-state index in [1.807, 2.05) is 0 Å². The number of fused-ring (bicyclic) bond motifs is 1. The average Bonchev–Trinajstić information content (AvgIpc) is 3.38. The number of ketones is 1. The summed E-state index contributed by atoms with van der Waals surface area (Å²) in [6.07, 6.45) is -1.67. The second-order valence-electron chi connectivity index (χ2n) is 11.1. The molecule has 4 rings (SSSR count). The van der Waals surface area contributed by atoms with E-state index in [0.29, 0.717) is 19.8 Å². The van der Waals surface area contributed by atoms with Gasteiger partial charge in [0.05, 0.1) is 26.8 Å². The maximum absolute atomic E-state index is 14.1. The Morgan fingerprint density at radius 1 is 1.11 bits per heavy atom. The second-order valence-corrected chi connectivity index (χ2v) is 11.8. The van der Waals surface area contributed by atoms with Crippen molar-refractivity contribution >= 4 is 57.7 Å². The van der Waals surface area contributed by atoms with Crippen LogP contribution >= 0.6 is 23.2 Å². The summed E-state index contributed by atoms with van der Waals surface area (Å²) in [6.45, 7) is 0.550. The monoisotopic (exact) mass is 681 g/mol. The Balaban J connectivity index is 1.55. The molecule has 1 aliphatic rings. The van der Waals surface area contributed by atoms with Crippen LogP contribution in [0.1, 0.15) is 68.3 Å². The zero-order chi connectivity index (χ0) is 33.1. The molecule has 0 saturated heterocycles. The van der Waals surface area contributed by atoms with Gasteiger partial charge in [-0.15, -0.1) is 0 Å². The number of H-pyrrole nitrogens is 1. The van der Waals surface area contributed by atoms with Gasteiger partial charge >= 0.3 is 5.92 Å². The third-order valence-corrected chi connectivity index (χ3v) is 8.47. The van der Waals surface area contributed by atoms with Gasteiger partial charge in [-0.1, -0.05) is 36.2 Å². The summed E-state index contributed by atoms with van der Waals surface area (Å²) < 4.78 is 85.9.